The van der Waals surface area contributed by atoms with Crippen molar-refractivity contribution in [3.8, 4) is 0 Å². The van der Waals surface area contributed by atoms with E-state index in [9.17, 15) is 0 Å². The predicted molar refractivity (Wildman–Crippen MR) is 51.4 cm³/mol. The summed E-state index contributed by atoms with van der Waals surface area (Å²) in [4.78, 5) is 0. The lowest BCUT2D eigenvalue weighted by Gasteiger charge is -2.03. The van der Waals surface area contributed by atoms with E-state index >= 15 is 0 Å². The molecule has 3 heteroatoms. The maximum absolute atomic E-state index is 8.96. The van der Waals surface area contributed by atoms with Gasteiger partial charge in [0.2, 0.25) is 0 Å². The molecule has 0 atom stereocenters. The highest BCUT2D eigenvalue weighted by Crippen LogP contribution is 2.31. The Bertz CT molecular complexity index is 369. The van der Waals surface area contributed by atoms with Gasteiger partial charge in [0.15, 0.2) is 6.29 Å². The Kier molecular flexibility index (Phi) is 2.12. The van der Waals surface area contributed by atoms with Gasteiger partial charge in [0.1, 0.15) is 0 Å². The molecule has 0 unspecified atom stereocenters. The lowest BCUT2D eigenvalue weighted by atomic mass is 10.1. The van der Waals surface area contributed by atoms with Gasteiger partial charge in [0.25, 0.3) is 0 Å². The second-order valence-corrected chi connectivity index (χ2v) is 3.48. The third-order valence-corrected chi connectivity index (χ3v) is 2.56. The molecule has 0 fully saturated rings. The first kappa shape index (κ1) is 8.75. The van der Waals surface area contributed by atoms with Gasteiger partial charge in [-0.15, -0.1) is 0 Å². The van der Waals surface area contributed by atoms with Crippen LogP contribution in [0.3, 0.4) is 0 Å². The fourth-order valence-corrected chi connectivity index (χ4v) is 1.77. The van der Waals surface area contributed by atoms with Crippen LogP contribution < -0.4 is 0 Å². The van der Waals surface area contributed by atoms with Crippen molar-refractivity contribution in [3.05, 3.63) is 39.9 Å². The molecule has 1 aliphatic carbocycles. The van der Waals surface area contributed by atoms with E-state index in [4.69, 9.17) is 21.8 Å². The lowest BCUT2D eigenvalue weighted by Crippen LogP contribution is -2.07. The van der Waals surface area contributed by atoms with E-state index in [-0.39, 0.29) is 0 Å². The van der Waals surface area contributed by atoms with Gasteiger partial charge in [-0.1, -0.05) is 29.8 Å². The van der Waals surface area contributed by atoms with E-state index in [1.807, 2.05) is 12.1 Å². The SMILES string of the molecule is OC(O)C1=Cc2cccc(Cl)c2C1. The Balaban J connectivity index is 2.41. The lowest BCUT2D eigenvalue weighted by molar-refractivity contribution is -0.00813. The molecule has 0 aliphatic heterocycles. The summed E-state index contributed by atoms with van der Waals surface area (Å²) in [5.74, 6) is 0. The molecule has 68 valence electrons. The number of benzene rings is 1. The molecule has 0 heterocycles. The van der Waals surface area contributed by atoms with Gasteiger partial charge in [-0.3, -0.25) is 0 Å². The van der Waals surface area contributed by atoms with Crippen molar-refractivity contribution in [2.24, 2.45) is 0 Å². The van der Waals surface area contributed by atoms with Crippen LogP contribution in [0.15, 0.2) is 23.8 Å². The molecule has 0 saturated carbocycles. The van der Waals surface area contributed by atoms with Crippen LogP contribution in [0.4, 0.5) is 0 Å². The minimum absolute atomic E-state index is 0.534. The maximum atomic E-state index is 8.96. The molecule has 1 aromatic carbocycles. The number of fused-ring (bicyclic) bond motifs is 1. The van der Waals surface area contributed by atoms with Gasteiger partial charge in [-0.2, -0.15) is 0 Å². The molecule has 0 spiro atoms. The van der Waals surface area contributed by atoms with Crippen LogP contribution in [-0.4, -0.2) is 16.5 Å². The first-order valence-electron chi connectivity index (χ1n) is 4.02. The highest BCUT2D eigenvalue weighted by Gasteiger charge is 2.18. The van der Waals surface area contributed by atoms with Gasteiger partial charge in [-0.25, -0.2) is 0 Å². The van der Waals surface area contributed by atoms with Crippen molar-refractivity contribution in [2.75, 3.05) is 0 Å². The fourth-order valence-electron chi connectivity index (χ4n) is 1.52. The van der Waals surface area contributed by atoms with Gasteiger partial charge in [0, 0.05) is 11.4 Å². The summed E-state index contributed by atoms with van der Waals surface area (Å²) in [5.41, 5.74) is 2.56. The van der Waals surface area contributed by atoms with E-state index in [0.717, 1.165) is 11.1 Å². The predicted octanol–water partition coefficient (Wildman–Crippen LogP) is 1.59. The minimum Gasteiger partial charge on any atom is -0.365 e. The summed E-state index contributed by atoms with van der Waals surface area (Å²) >= 11 is 5.94. The highest BCUT2D eigenvalue weighted by atomic mass is 35.5. The Morgan fingerprint density at radius 2 is 2.08 bits per heavy atom. The normalized spacial score (nSPS) is 14.6. The average Bonchev–Trinajstić information content (AvgIpc) is 2.49. The number of halogens is 1. The van der Waals surface area contributed by atoms with Crippen molar-refractivity contribution >= 4 is 17.7 Å². The summed E-state index contributed by atoms with van der Waals surface area (Å²) in [7, 11) is 0. The number of aliphatic hydroxyl groups excluding tert-OH is 1. The van der Waals surface area contributed by atoms with Gasteiger partial charge in [0.05, 0.1) is 0 Å². The van der Waals surface area contributed by atoms with Crippen LogP contribution in [0, 0.1) is 0 Å². The number of hydrogen-bond donors (Lipinski definition) is 2. The van der Waals surface area contributed by atoms with E-state index in [1.54, 1.807) is 12.1 Å². The van der Waals surface area contributed by atoms with Gasteiger partial charge in [-0.05, 0) is 22.8 Å². The molecule has 0 aromatic heterocycles. The third-order valence-electron chi connectivity index (χ3n) is 2.21. The Hall–Kier alpha value is -0.830. The fraction of sp³-hybridized carbons (Fsp3) is 0.200. The van der Waals surface area contributed by atoms with Crippen LogP contribution in [0.25, 0.3) is 6.08 Å². The van der Waals surface area contributed by atoms with Gasteiger partial charge < -0.3 is 10.2 Å². The van der Waals surface area contributed by atoms with Gasteiger partial charge >= 0.3 is 0 Å². The first-order chi connectivity index (χ1) is 6.18. The molecule has 1 aliphatic rings. The summed E-state index contributed by atoms with van der Waals surface area (Å²) in [5, 5.41) is 18.6. The van der Waals surface area contributed by atoms with Crippen LogP contribution in [-0.2, 0) is 6.42 Å². The van der Waals surface area contributed by atoms with Crippen molar-refractivity contribution < 1.29 is 10.2 Å². The molecular formula is C10H9ClO2. The second-order valence-electron chi connectivity index (χ2n) is 3.08. The number of rotatable bonds is 1. The van der Waals surface area contributed by atoms with Crippen molar-refractivity contribution in [1.82, 2.24) is 0 Å². The highest BCUT2D eigenvalue weighted by molar-refractivity contribution is 6.31. The standard InChI is InChI=1S/C10H9ClO2/c11-9-3-1-2-6-4-7(10(12)13)5-8(6)9/h1-4,10,12-13H,5H2. The average molecular weight is 197 g/mol. The van der Waals surface area contributed by atoms with Crippen LogP contribution in [0.2, 0.25) is 5.02 Å². The number of hydrogen-bond acceptors (Lipinski definition) is 2. The second kappa shape index (κ2) is 3.14. The monoisotopic (exact) mass is 196 g/mol. The molecule has 2 rings (SSSR count). The van der Waals surface area contributed by atoms with E-state index < -0.39 is 6.29 Å². The smallest absolute Gasteiger partial charge is 0.174 e. The van der Waals surface area contributed by atoms with Crippen molar-refractivity contribution in [3.63, 3.8) is 0 Å². The van der Waals surface area contributed by atoms with E-state index in [0.29, 0.717) is 17.0 Å². The zero-order valence-corrected chi connectivity index (χ0v) is 7.62. The summed E-state index contributed by atoms with van der Waals surface area (Å²) in [6.45, 7) is 0. The van der Waals surface area contributed by atoms with Crippen LogP contribution in [0.5, 0.6) is 0 Å². The summed E-state index contributed by atoms with van der Waals surface area (Å²) < 4.78 is 0. The molecule has 1 aromatic rings. The summed E-state index contributed by atoms with van der Waals surface area (Å²) in [6, 6.07) is 5.57. The zero-order valence-electron chi connectivity index (χ0n) is 6.87. The van der Waals surface area contributed by atoms with E-state index in [1.165, 1.54) is 0 Å². The van der Waals surface area contributed by atoms with Crippen molar-refractivity contribution in [1.29, 1.82) is 0 Å². The minimum atomic E-state index is -1.37. The maximum Gasteiger partial charge on any atom is 0.174 e. The summed E-state index contributed by atoms with van der Waals surface area (Å²) in [6.07, 6.45) is 0.932. The zero-order chi connectivity index (χ0) is 9.42. The molecule has 0 amide bonds. The van der Waals surface area contributed by atoms with Crippen molar-refractivity contribution in [2.45, 2.75) is 12.7 Å². The topological polar surface area (TPSA) is 40.5 Å². The Labute approximate surface area is 81.1 Å². The molecule has 0 radical (unpaired) electrons. The molecule has 13 heavy (non-hydrogen) atoms. The van der Waals surface area contributed by atoms with E-state index in [2.05, 4.69) is 0 Å². The quantitative estimate of drug-likeness (QED) is 0.670. The first-order valence-corrected chi connectivity index (χ1v) is 4.40. The number of aliphatic hydroxyl groups is 2. The molecule has 2 N–H and O–H groups in total. The Morgan fingerprint density at radius 3 is 2.69 bits per heavy atom. The largest absolute Gasteiger partial charge is 0.365 e. The third kappa shape index (κ3) is 1.48. The Morgan fingerprint density at radius 1 is 1.31 bits per heavy atom. The van der Waals surface area contributed by atoms with Crippen LogP contribution >= 0.6 is 11.6 Å². The van der Waals surface area contributed by atoms with Crippen LogP contribution in [0.1, 0.15) is 11.1 Å². The molecule has 0 bridgehead atoms. The molecule has 0 saturated heterocycles. The molecule has 2 nitrogen and oxygen atoms in total. The molecular weight excluding hydrogens is 188 g/mol.